The number of nitrogens with zero attached hydrogens (tertiary/aromatic N) is 2. The van der Waals surface area contributed by atoms with Crippen LogP contribution in [0.1, 0.15) is 11.7 Å². The van der Waals surface area contributed by atoms with Gasteiger partial charge in [-0.05, 0) is 55.6 Å². The Morgan fingerprint density at radius 1 is 1.41 bits per heavy atom. The highest BCUT2D eigenvalue weighted by Gasteiger charge is 2.27. The maximum atomic E-state index is 11.3. The molecule has 1 unspecified atom stereocenters. The van der Waals surface area contributed by atoms with Crippen molar-refractivity contribution in [2.45, 2.75) is 6.10 Å². The van der Waals surface area contributed by atoms with Crippen LogP contribution in [0.5, 0.6) is 11.5 Å². The second kappa shape index (κ2) is 6.26. The molecule has 7 heteroatoms. The third kappa shape index (κ3) is 2.70. The first-order valence-electron chi connectivity index (χ1n) is 6.49. The van der Waals surface area contributed by atoms with Crippen molar-refractivity contribution in [1.29, 1.82) is 0 Å². The van der Waals surface area contributed by atoms with E-state index in [1.165, 1.54) is 0 Å². The number of aromatic nitrogens is 1. The smallest absolute Gasteiger partial charge is 0.214 e. The van der Waals surface area contributed by atoms with Crippen LogP contribution in [0.2, 0.25) is 0 Å². The fourth-order valence-corrected chi connectivity index (χ4v) is 3.95. The lowest BCUT2D eigenvalue weighted by atomic mass is 10.1. The van der Waals surface area contributed by atoms with Crippen molar-refractivity contribution in [1.82, 2.24) is 4.98 Å². The van der Waals surface area contributed by atoms with Crippen molar-refractivity contribution in [3.63, 3.8) is 0 Å². The van der Waals surface area contributed by atoms with Gasteiger partial charge in [-0.2, -0.15) is 0 Å². The van der Waals surface area contributed by atoms with Gasteiger partial charge in [0, 0.05) is 6.20 Å². The quantitative estimate of drug-likeness (QED) is 0.700. The number of anilines is 1. The zero-order chi connectivity index (χ0) is 15.7. The van der Waals surface area contributed by atoms with Gasteiger partial charge in [0.2, 0.25) is 6.41 Å². The average molecular weight is 428 g/mol. The van der Waals surface area contributed by atoms with Crippen LogP contribution in [0.15, 0.2) is 39.5 Å². The summed E-state index contributed by atoms with van der Waals surface area (Å²) in [5, 5.41) is 0. The zero-order valence-corrected chi connectivity index (χ0v) is 14.8. The Hall–Kier alpha value is -1.60. The van der Waals surface area contributed by atoms with E-state index >= 15 is 0 Å². The van der Waals surface area contributed by atoms with Crippen molar-refractivity contribution < 1.29 is 14.3 Å². The molecule has 3 rings (SSSR count). The number of rotatable bonds is 3. The Morgan fingerprint density at radius 3 is 2.77 bits per heavy atom. The number of pyridine rings is 1. The summed E-state index contributed by atoms with van der Waals surface area (Å²) >= 11 is 6.97. The monoisotopic (exact) mass is 426 g/mol. The van der Waals surface area contributed by atoms with E-state index in [1.54, 1.807) is 30.5 Å². The van der Waals surface area contributed by atoms with Crippen LogP contribution in [-0.4, -0.2) is 25.0 Å². The van der Waals surface area contributed by atoms with Crippen LogP contribution in [0, 0.1) is 0 Å². The van der Waals surface area contributed by atoms with Crippen LogP contribution in [0.25, 0.3) is 0 Å². The first-order valence-corrected chi connectivity index (χ1v) is 8.08. The maximum Gasteiger partial charge on any atom is 0.214 e. The lowest BCUT2D eigenvalue weighted by Crippen LogP contribution is -2.34. The summed E-state index contributed by atoms with van der Waals surface area (Å²) in [6.07, 6.45) is 3.79. The number of benzene rings is 1. The number of ether oxygens (including phenoxy) is 2. The van der Waals surface area contributed by atoms with Gasteiger partial charge in [-0.3, -0.25) is 9.78 Å². The van der Waals surface area contributed by atoms with Crippen LogP contribution in [0.3, 0.4) is 0 Å². The highest BCUT2D eigenvalue weighted by atomic mass is 79.9. The van der Waals surface area contributed by atoms with Gasteiger partial charge in [-0.1, -0.05) is 0 Å². The van der Waals surface area contributed by atoms with Crippen LogP contribution in [-0.2, 0) is 4.79 Å². The SMILES string of the molecule is COc1c(Br)cc(C2CN(C=O)c3ccncc3O2)cc1Br. The van der Waals surface area contributed by atoms with E-state index in [-0.39, 0.29) is 6.10 Å². The van der Waals surface area contributed by atoms with Crippen LogP contribution < -0.4 is 14.4 Å². The second-order valence-electron chi connectivity index (χ2n) is 4.73. The van der Waals surface area contributed by atoms with E-state index in [0.717, 1.165) is 26.6 Å². The van der Waals surface area contributed by atoms with Gasteiger partial charge in [-0.15, -0.1) is 0 Å². The minimum absolute atomic E-state index is 0.277. The molecule has 1 aliphatic rings. The lowest BCUT2D eigenvalue weighted by molar-refractivity contribution is -0.107. The first kappa shape index (κ1) is 15.3. The predicted molar refractivity (Wildman–Crippen MR) is 89.4 cm³/mol. The van der Waals surface area contributed by atoms with Gasteiger partial charge in [0.25, 0.3) is 0 Å². The fraction of sp³-hybridized carbons (Fsp3) is 0.200. The minimum atomic E-state index is -0.277. The van der Waals surface area contributed by atoms with E-state index in [9.17, 15) is 4.79 Å². The van der Waals surface area contributed by atoms with Crippen LogP contribution >= 0.6 is 31.9 Å². The summed E-state index contributed by atoms with van der Waals surface area (Å²) in [7, 11) is 1.61. The molecule has 1 aliphatic heterocycles. The zero-order valence-electron chi connectivity index (χ0n) is 11.6. The largest absolute Gasteiger partial charge is 0.494 e. The Labute approximate surface area is 144 Å². The molecule has 2 heterocycles. The summed E-state index contributed by atoms with van der Waals surface area (Å²) in [6.45, 7) is 0.436. The molecule has 22 heavy (non-hydrogen) atoms. The topological polar surface area (TPSA) is 51.7 Å². The molecule has 0 saturated heterocycles. The molecule has 0 bridgehead atoms. The Morgan fingerprint density at radius 2 is 2.14 bits per heavy atom. The number of carbonyl (C=O) groups excluding carboxylic acids is 1. The van der Waals surface area contributed by atoms with Gasteiger partial charge < -0.3 is 14.4 Å². The Kier molecular flexibility index (Phi) is 4.35. The van der Waals surface area contributed by atoms with E-state index in [0.29, 0.717) is 18.0 Å². The summed E-state index contributed by atoms with van der Waals surface area (Å²) in [5.41, 5.74) is 1.66. The first-order chi connectivity index (χ1) is 10.6. The Bertz CT molecular complexity index is 701. The van der Waals surface area contributed by atoms with Crippen molar-refractivity contribution >= 4 is 44.0 Å². The highest BCUT2D eigenvalue weighted by Crippen LogP contribution is 2.40. The lowest BCUT2D eigenvalue weighted by Gasteiger charge is -2.32. The number of fused-ring (bicyclic) bond motifs is 1. The minimum Gasteiger partial charge on any atom is -0.494 e. The predicted octanol–water partition coefficient (Wildman–Crippen LogP) is 3.71. The molecule has 0 spiro atoms. The molecule has 0 N–H and O–H groups in total. The molecule has 0 radical (unpaired) electrons. The maximum absolute atomic E-state index is 11.3. The normalized spacial score (nSPS) is 16.7. The fourth-order valence-electron chi connectivity index (χ4n) is 2.40. The van der Waals surface area contributed by atoms with Crippen molar-refractivity contribution in [3.8, 4) is 11.5 Å². The number of halogens is 2. The van der Waals surface area contributed by atoms with Crippen LogP contribution in [0.4, 0.5) is 5.69 Å². The molecular formula is C15H12Br2N2O3. The van der Waals surface area contributed by atoms with Gasteiger partial charge in [0.05, 0.1) is 34.5 Å². The molecule has 1 aromatic heterocycles. The summed E-state index contributed by atoms with van der Waals surface area (Å²) < 4.78 is 12.9. The summed E-state index contributed by atoms with van der Waals surface area (Å²) in [5.74, 6) is 1.31. The number of amides is 1. The van der Waals surface area contributed by atoms with E-state index in [4.69, 9.17) is 9.47 Å². The number of carbonyl (C=O) groups is 1. The van der Waals surface area contributed by atoms with Crippen molar-refractivity contribution in [2.24, 2.45) is 0 Å². The average Bonchev–Trinajstić information content (AvgIpc) is 2.53. The Balaban J connectivity index is 1.99. The molecule has 0 aliphatic carbocycles. The third-order valence-corrected chi connectivity index (χ3v) is 4.61. The number of hydrogen-bond acceptors (Lipinski definition) is 4. The van der Waals surface area contributed by atoms with E-state index in [1.807, 2.05) is 12.1 Å². The summed E-state index contributed by atoms with van der Waals surface area (Å²) in [6, 6.07) is 5.62. The second-order valence-corrected chi connectivity index (χ2v) is 6.43. The van der Waals surface area contributed by atoms with E-state index in [2.05, 4.69) is 36.8 Å². The molecule has 1 aromatic carbocycles. The van der Waals surface area contributed by atoms with Gasteiger partial charge in [0.15, 0.2) is 5.75 Å². The summed E-state index contributed by atoms with van der Waals surface area (Å²) in [4.78, 5) is 17.0. The molecule has 1 amide bonds. The standard InChI is InChI=1S/C15H12Br2N2O3/c1-21-15-10(16)4-9(5-11(15)17)14-7-19(8-20)12-2-3-18-6-13(12)22-14/h2-6,8,14H,7H2,1H3. The van der Waals surface area contributed by atoms with Gasteiger partial charge in [-0.25, -0.2) is 0 Å². The van der Waals surface area contributed by atoms with E-state index < -0.39 is 0 Å². The molecule has 114 valence electrons. The number of hydrogen-bond donors (Lipinski definition) is 0. The molecule has 0 saturated carbocycles. The molecular weight excluding hydrogens is 416 g/mol. The van der Waals surface area contributed by atoms with Crippen molar-refractivity contribution in [2.75, 3.05) is 18.6 Å². The highest BCUT2D eigenvalue weighted by molar-refractivity contribution is 9.11. The number of methoxy groups -OCH3 is 1. The molecule has 5 nitrogen and oxygen atoms in total. The van der Waals surface area contributed by atoms with Gasteiger partial charge >= 0.3 is 0 Å². The molecule has 2 aromatic rings. The third-order valence-electron chi connectivity index (χ3n) is 3.43. The molecule has 1 atom stereocenters. The van der Waals surface area contributed by atoms with Crippen molar-refractivity contribution in [3.05, 3.63) is 45.1 Å². The molecule has 0 fully saturated rings. The van der Waals surface area contributed by atoms with Gasteiger partial charge in [0.1, 0.15) is 11.9 Å².